The van der Waals surface area contributed by atoms with Gasteiger partial charge < -0.3 is 9.26 Å². The van der Waals surface area contributed by atoms with Crippen molar-refractivity contribution in [3.63, 3.8) is 0 Å². The average molecular weight is 379 g/mol. The second-order valence-corrected chi connectivity index (χ2v) is 8.81. The first kappa shape index (κ1) is 18.8. The van der Waals surface area contributed by atoms with Gasteiger partial charge >= 0.3 is 0 Å². The molecule has 0 spiro atoms. The molecule has 26 heavy (non-hydrogen) atoms. The molecule has 0 aliphatic heterocycles. The Morgan fingerprint density at radius 1 is 1.23 bits per heavy atom. The summed E-state index contributed by atoms with van der Waals surface area (Å²) in [5.74, 6) is 1.52. The second kappa shape index (κ2) is 7.00. The highest BCUT2D eigenvalue weighted by Crippen LogP contribution is 2.38. The zero-order valence-electron chi connectivity index (χ0n) is 15.6. The van der Waals surface area contributed by atoms with Gasteiger partial charge in [-0.3, -0.25) is 0 Å². The lowest BCUT2D eigenvalue weighted by molar-refractivity contribution is 0.240. The van der Waals surface area contributed by atoms with E-state index in [1.165, 1.54) is 0 Å². The minimum Gasteiger partial charge on any atom is -0.491 e. The van der Waals surface area contributed by atoms with Crippen LogP contribution in [0.25, 0.3) is 0 Å². The van der Waals surface area contributed by atoms with E-state index in [1.807, 2.05) is 20.8 Å². The third kappa shape index (κ3) is 3.76. The van der Waals surface area contributed by atoms with E-state index in [0.717, 1.165) is 18.4 Å². The van der Waals surface area contributed by atoms with Crippen LogP contribution in [0.3, 0.4) is 0 Å². The molecular weight excluding hydrogens is 354 g/mol. The zero-order valence-corrected chi connectivity index (χ0v) is 16.4. The van der Waals surface area contributed by atoms with Crippen molar-refractivity contribution in [2.75, 3.05) is 0 Å². The highest BCUT2D eigenvalue weighted by Gasteiger charge is 2.43. The number of hydrogen-bond acceptors (Lipinski definition) is 6. The van der Waals surface area contributed by atoms with Crippen molar-refractivity contribution < 1.29 is 17.7 Å². The Hall–Kier alpha value is -1.93. The standard InChI is InChI=1S/C18H25N3O4S/c1-12(2)24-16-8-7-15(11-13(16)3)26(22,23)21-18(9-5-6-10-18)17-19-14(4)25-20-17/h7-8,11-12,21H,5-6,9-10H2,1-4H3. The van der Waals surface area contributed by atoms with Crippen molar-refractivity contribution in [1.82, 2.24) is 14.9 Å². The monoisotopic (exact) mass is 379 g/mol. The van der Waals surface area contributed by atoms with E-state index in [9.17, 15) is 8.42 Å². The van der Waals surface area contributed by atoms with Gasteiger partial charge in [-0.2, -0.15) is 9.71 Å². The number of aromatic nitrogens is 2. The van der Waals surface area contributed by atoms with E-state index in [-0.39, 0.29) is 11.0 Å². The molecular formula is C18H25N3O4S. The number of sulfonamides is 1. The number of ether oxygens (including phenoxy) is 1. The summed E-state index contributed by atoms with van der Waals surface area (Å²) in [6.45, 7) is 7.40. The molecule has 1 heterocycles. The number of hydrogen-bond donors (Lipinski definition) is 1. The van der Waals surface area contributed by atoms with E-state index in [2.05, 4.69) is 14.9 Å². The van der Waals surface area contributed by atoms with Gasteiger partial charge in [0.2, 0.25) is 15.9 Å². The summed E-state index contributed by atoms with van der Waals surface area (Å²) in [5, 5.41) is 3.98. The Labute approximate surface area is 154 Å². The lowest BCUT2D eigenvalue weighted by Gasteiger charge is -2.26. The molecule has 7 nitrogen and oxygen atoms in total. The van der Waals surface area contributed by atoms with Crippen LogP contribution in [0.4, 0.5) is 0 Å². The predicted molar refractivity (Wildman–Crippen MR) is 96.4 cm³/mol. The van der Waals surface area contributed by atoms with Crippen LogP contribution in [0.15, 0.2) is 27.6 Å². The maximum atomic E-state index is 13.0. The third-order valence-electron chi connectivity index (χ3n) is 4.56. The smallest absolute Gasteiger partial charge is 0.241 e. The summed E-state index contributed by atoms with van der Waals surface area (Å²) >= 11 is 0. The first-order chi connectivity index (χ1) is 12.2. The molecule has 1 fully saturated rings. The molecule has 8 heteroatoms. The first-order valence-corrected chi connectivity index (χ1v) is 10.3. The molecule has 1 aliphatic carbocycles. The Balaban J connectivity index is 1.91. The summed E-state index contributed by atoms with van der Waals surface area (Å²) in [4.78, 5) is 4.49. The van der Waals surface area contributed by atoms with Crippen LogP contribution in [0.1, 0.15) is 56.8 Å². The SMILES string of the molecule is Cc1nc(C2(NS(=O)(=O)c3ccc(OC(C)C)c(C)c3)CCCC2)no1. The van der Waals surface area contributed by atoms with Crippen molar-refractivity contribution in [3.8, 4) is 5.75 Å². The van der Waals surface area contributed by atoms with Crippen LogP contribution in [0, 0.1) is 13.8 Å². The van der Waals surface area contributed by atoms with Gasteiger partial charge in [0.1, 0.15) is 5.75 Å². The van der Waals surface area contributed by atoms with Gasteiger partial charge in [-0.25, -0.2) is 8.42 Å². The van der Waals surface area contributed by atoms with Gasteiger partial charge in [0, 0.05) is 6.92 Å². The summed E-state index contributed by atoms with van der Waals surface area (Å²) in [6, 6.07) is 4.89. The van der Waals surface area contributed by atoms with Crippen molar-refractivity contribution in [3.05, 3.63) is 35.5 Å². The van der Waals surface area contributed by atoms with Crippen LogP contribution in [0.2, 0.25) is 0 Å². The van der Waals surface area contributed by atoms with Crippen molar-refractivity contribution >= 4 is 10.0 Å². The molecule has 142 valence electrons. The second-order valence-electron chi connectivity index (χ2n) is 7.13. The van der Waals surface area contributed by atoms with E-state index in [1.54, 1.807) is 25.1 Å². The molecule has 1 aromatic heterocycles. The number of nitrogens with zero attached hydrogens (tertiary/aromatic N) is 2. The largest absolute Gasteiger partial charge is 0.491 e. The summed E-state index contributed by atoms with van der Waals surface area (Å²) < 4.78 is 39.7. The molecule has 2 aromatic rings. The molecule has 0 radical (unpaired) electrons. The highest BCUT2D eigenvalue weighted by atomic mass is 32.2. The van der Waals surface area contributed by atoms with Gasteiger partial charge in [0.15, 0.2) is 5.82 Å². The fourth-order valence-electron chi connectivity index (χ4n) is 3.33. The molecule has 0 unspecified atom stereocenters. The predicted octanol–water partition coefficient (Wildman–Crippen LogP) is 3.22. The Bertz CT molecular complexity index is 884. The minimum atomic E-state index is -3.74. The van der Waals surface area contributed by atoms with Crippen molar-refractivity contribution in [1.29, 1.82) is 0 Å². The summed E-state index contributed by atoms with van der Waals surface area (Å²) in [6.07, 6.45) is 3.15. The minimum absolute atomic E-state index is 0.0255. The van der Waals surface area contributed by atoms with Gasteiger partial charge in [0.25, 0.3) is 0 Å². The van der Waals surface area contributed by atoms with Crippen LogP contribution in [-0.2, 0) is 15.6 Å². The van der Waals surface area contributed by atoms with E-state index < -0.39 is 15.6 Å². The highest BCUT2D eigenvalue weighted by molar-refractivity contribution is 7.89. The Morgan fingerprint density at radius 2 is 1.92 bits per heavy atom. The fourth-order valence-corrected chi connectivity index (χ4v) is 4.84. The third-order valence-corrected chi connectivity index (χ3v) is 6.10. The summed E-state index contributed by atoms with van der Waals surface area (Å²) in [5.41, 5.74) is -0.0325. The van der Waals surface area contributed by atoms with E-state index >= 15 is 0 Å². The molecule has 0 atom stereocenters. The van der Waals surface area contributed by atoms with E-state index in [4.69, 9.17) is 9.26 Å². The summed E-state index contributed by atoms with van der Waals surface area (Å²) in [7, 11) is -3.74. The van der Waals surface area contributed by atoms with Crippen LogP contribution >= 0.6 is 0 Å². The molecule has 1 saturated carbocycles. The lowest BCUT2D eigenvalue weighted by Crippen LogP contribution is -2.44. The van der Waals surface area contributed by atoms with Crippen molar-refractivity contribution in [2.24, 2.45) is 0 Å². The van der Waals surface area contributed by atoms with Crippen LogP contribution < -0.4 is 9.46 Å². The molecule has 1 aliphatic rings. The first-order valence-electron chi connectivity index (χ1n) is 8.84. The number of nitrogens with one attached hydrogen (secondary N) is 1. The van der Waals surface area contributed by atoms with Gasteiger partial charge in [0.05, 0.1) is 16.5 Å². The fraction of sp³-hybridized carbons (Fsp3) is 0.556. The number of aryl methyl sites for hydroxylation is 2. The Morgan fingerprint density at radius 3 is 2.46 bits per heavy atom. The molecule has 1 aromatic carbocycles. The van der Waals surface area contributed by atoms with Gasteiger partial charge in [-0.1, -0.05) is 18.0 Å². The maximum absolute atomic E-state index is 13.0. The van der Waals surface area contributed by atoms with Gasteiger partial charge in [-0.05, 0) is 57.4 Å². The molecule has 3 rings (SSSR count). The maximum Gasteiger partial charge on any atom is 0.241 e. The average Bonchev–Trinajstić information content (AvgIpc) is 3.18. The molecule has 1 N–H and O–H groups in total. The number of rotatable bonds is 6. The van der Waals surface area contributed by atoms with E-state index in [0.29, 0.717) is 30.3 Å². The molecule has 0 bridgehead atoms. The molecule has 0 amide bonds. The normalized spacial score (nSPS) is 17.0. The topological polar surface area (TPSA) is 94.3 Å². The number of benzene rings is 1. The quantitative estimate of drug-likeness (QED) is 0.828. The zero-order chi connectivity index (χ0) is 18.9. The Kier molecular flexibility index (Phi) is 5.07. The van der Waals surface area contributed by atoms with Gasteiger partial charge in [-0.15, -0.1) is 0 Å². The molecule has 0 saturated heterocycles. The van der Waals surface area contributed by atoms with Crippen molar-refractivity contribution in [2.45, 2.75) is 69.9 Å². The lowest BCUT2D eigenvalue weighted by atomic mass is 9.98. The van der Waals surface area contributed by atoms with Crippen LogP contribution in [-0.4, -0.2) is 24.7 Å². The van der Waals surface area contributed by atoms with Crippen LogP contribution in [0.5, 0.6) is 5.75 Å².